The summed E-state index contributed by atoms with van der Waals surface area (Å²) in [6.45, 7) is 0. The Balaban J connectivity index is -0.0000000250. The Morgan fingerprint density at radius 2 is 0.625 bits per heavy atom. The zero-order valence-corrected chi connectivity index (χ0v) is 9.44. The van der Waals surface area contributed by atoms with E-state index in [4.69, 9.17) is 39.6 Å². The largest absolute Gasteiger partial charge is 0.473 e. The summed E-state index contributed by atoms with van der Waals surface area (Å²) >= 11 is 0. The molecule has 0 spiro atoms. The van der Waals surface area contributed by atoms with E-state index in [1.54, 1.807) is 0 Å². The SMILES string of the molecule is O.O.O=C(O)C(=O)O.O=C(O)C(=O)O.[Fe].[Mn]. The average molecular weight is 327 g/mol. The maximum atomic E-state index is 9.10. The summed E-state index contributed by atoms with van der Waals surface area (Å²) in [6.07, 6.45) is 0. The molecule has 0 aromatic heterocycles. The number of carboxylic acids is 4. The van der Waals surface area contributed by atoms with Crippen LogP contribution < -0.4 is 0 Å². The first-order valence-corrected chi connectivity index (χ1v) is 2.21. The summed E-state index contributed by atoms with van der Waals surface area (Å²) in [6, 6.07) is 0. The van der Waals surface area contributed by atoms with Gasteiger partial charge >= 0.3 is 23.9 Å². The molecule has 8 N–H and O–H groups in total. The molecule has 0 aliphatic rings. The molecule has 0 bridgehead atoms. The molecule has 0 amide bonds. The van der Waals surface area contributed by atoms with E-state index in [9.17, 15) is 0 Å². The third-order valence-electron chi connectivity index (χ3n) is 0.366. The van der Waals surface area contributed by atoms with Crippen LogP contribution in [-0.4, -0.2) is 55.3 Å². The molecule has 0 aliphatic carbocycles. The fourth-order valence-electron chi connectivity index (χ4n) is 0. The second-order valence-electron chi connectivity index (χ2n) is 1.22. The predicted molar refractivity (Wildman–Crippen MR) is 37.8 cm³/mol. The molecular formula is C4H8FeMnO10. The van der Waals surface area contributed by atoms with Crippen molar-refractivity contribution in [2.45, 2.75) is 0 Å². The quantitative estimate of drug-likeness (QED) is 0.260. The summed E-state index contributed by atoms with van der Waals surface area (Å²) < 4.78 is 0. The van der Waals surface area contributed by atoms with Gasteiger partial charge in [0.25, 0.3) is 0 Å². The van der Waals surface area contributed by atoms with Crippen molar-refractivity contribution in [3.8, 4) is 0 Å². The van der Waals surface area contributed by atoms with E-state index in [2.05, 4.69) is 0 Å². The predicted octanol–water partition coefficient (Wildman–Crippen LogP) is -3.34. The number of carbonyl (C=O) groups is 4. The Hall–Kier alpha value is -1.16. The van der Waals surface area contributed by atoms with Crippen LogP contribution in [0.15, 0.2) is 0 Å². The summed E-state index contributed by atoms with van der Waals surface area (Å²) in [4.78, 5) is 36.4. The van der Waals surface area contributed by atoms with Crippen molar-refractivity contribution in [2.24, 2.45) is 0 Å². The van der Waals surface area contributed by atoms with Gasteiger partial charge in [0.1, 0.15) is 0 Å². The third-order valence-corrected chi connectivity index (χ3v) is 0.366. The molecule has 12 heteroatoms. The van der Waals surface area contributed by atoms with E-state index in [-0.39, 0.29) is 45.1 Å². The van der Waals surface area contributed by atoms with Crippen LogP contribution >= 0.6 is 0 Å². The van der Waals surface area contributed by atoms with Gasteiger partial charge in [0, 0.05) is 34.1 Å². The second kappa shape index (κ2) is 19.4. The van der Waals surface area contributed by atoms with Crippen molar-refractivity contribution in [3.63, 3.8) is 0 Å². The monoisotopic (exact) mass is 327 g/mol. The molecule has 10 nitrogen and oxygen atoms in total. The van der Waals surface area contributed by atoms with Gasteiger partial charge in [-0.25, -0.2) is 19.2 Å². The number of hydrogen-bond donors (Lipinski definition) is 4. The van der Waals surface area contributed by atoms with Crippen LogP contribution in [-0.2, 0) is 53.3 Å². The molecule has 1 radical (unpaired) electrons. The molecule has 0 atom stereocenters. The third kappa shape index (κ3) is 38.5. The fourth-order valence-corrected chi connectivity index (χ4v) is 0. The Morgan fingerprint density at radius 1 is 0.562 bits per heavy atom. The van der Waals surface area contributed by atoms with Crippen LogP contribution in [0.3, 0.4) is 0 Å². The minimum absolute atomic E-state index is 0. The van der Waals surface area contributed by atoms with Crippen LogP contribution in [0.1, 0.15) is 0 Å². The van der Waals surface area contributed by atoms with Gasteiger partial charge < -0.3 is 31.4 Å². The first-order valence-electron chi connectivity index (χ1n) is 2.21. The number of hydrogen-bond acceptors (Lipinski definition) is 4. The van der Waals surface area contributed by atoms with Crippen molar-refractivity contribution in [2.75, 3.05) is 0 Å². The first kappa shape index (κ1) is 36.4. The summed E-state index contributed by atoms with van der Waals surface area (Å²) in [7, 11) is 0. The maximum absolute atomic E-state index is 9.10. The van der Waals surface area contributed by atoms with E-state index in [1.807, 2.05) is 0 Å². The van der Waals surface area contributed by atoms with E-state index in [1.165, 1.54) is 0 Å². The summed E-state index contributed by atoms with van der Waals surface area (Å²) in [5.74, 6) is -7.30. The van der Waals surface area contributed by atoms with E-state index >= 15 is 0 Å². The van der Waals surface area contributed by atoms with Gasteiger partial charge in [-0.2, -0.15) is 0 Å². The topological polar surface area (TPSA) is 212 Å². The fraction of sp³-hybridized carbons (Fsp3) is 0. The van der Waals surface area contributed by atoms with Crippen molar-refractivity contribution in [1.82, 2.24) is 0 Å². The first-order chi connectivity index (χ1) is 5.29. The normalized spacial score (nSPS) is 5.50. The number of carboxylic acid groups (broad SMARTS) is 4. The van der Waals surface area contributed by atoms with Crippen LogP contribution in [0.25, 0.3) is 0 Å². The molecule has 16 heavy (non-hydrogen) atoms. The maximum Gasteiger partial charge on any atom is 0.414 e. The van der Waals surface area contributed by atoms with Gasteiger partial charge in [-0.1, -0.05) is 0 Å². The zero-order valence-electron chi connectivity index (χ0n) is 7.15. The summed E-state index contributed by atoms with van der Waals surface area (Å²) in [5.41, 5.74) is 0. The van der Waals surface area contributed by atoms with Crippen molar-refractivity contribution in [1.29, 1.82) is 0 Å². The van der Waals surface area contributed by atoms with Gasteiger partial charge in [-0.05, 0) is 0 Å². The molecule has 99 valence electrons. The van der Waals surface area contributed by atoms with Gasteiger partial charge in [0.2, 0.25) is 0 Å². The Kier molecular flexibility index (Phi) is 44.1. The molecule has 0 aromatic rings. The summed E-state index contributed by atoms with van der Waals surface area (Å²) in [5, 5.41) is 29.6. The Labute approximate surface area is 109 Å². The van der Waals surface area contributed by atoms with Gasteiger partial charge in [0.05, 0.1) is 0 Å². The van der Waals surface area contributed by atoms with Crippen LogP contribution in [0, 0.1) is 0 Å². The van der Waals surface area contributed by atoms with Gasteiger partial charge in [0.15, 0.2) is 0 Å². The average Bonchev–Trinajstić information content (AvgIpc) is 1.88. The number of rotatable bonds is 0. The molecule has 0 saturated carbocycles. The van der Waals surface area contributed by atoms with E-state index < -0.39 is 23.9 Å². The second-order valence-corrected chi connectivity index (χ2v) is 1.22. The molecule has 0 fully saturated rings. The molecular weight excluding hydrogens is 319 g/mol. The standard InChI is InChI=1S/2C2H2O4.Fe.Mn.2H2O/c2*3-1(4)2(5)6;;;;/h2*(H,3,4)(H,5,6);;;2*1H2. The van der Waals surface area contributed by atoms with Gasteiger partial charge in [-0.3, -0.25) is 0 Å². The van der Waals surface area contributed by atoms with Crippen molar-refractivity contribution >= 4 is 23.9 Å². The van der Waals surface area contributed by atoms with E-state index in [0.29, 0.717) is 0 Å². The Bertz CT molecular complexity index is 179. The van der Waals surface area contributed by atoms with Gasteiger partial charge in [-0.15, -0.1) is 0 Å². The molecule has 0 saturated heterocycles. The minimum atomic E-state index is -1.82. The molecule has 0 aliphatic heterocycles. The number of aliphatic carboxylic acids is 4. The smallest absolute Gasteiger partial charge is 0.414 e. The molecule has 0 aromatic carbocycles. The zero-order chi connectivity index (χ0) is 10.3. The Morgan fingerprint density at radius 3 is 0.625 bits per heavy atom. The molecule has 0 heterocycles. The van der Waals surface area contributed by atoms with Crippen molar-refractivity contribution < 1.29 is 84.7 Å². The molecule has 0 unspecified atom stereocenters. The minimum Gasteiger partial charge on any atom is -0.473 e. The van der Waals surface area contributed by atoms with Crippen LogP contribution in [0.5, 0.6) is 0 Å². The van der Waals surface area contributed by atoms with Crippen molar-refractivity contribution in [3.05, 3.63) is 0 Å². The van der Waals surface area contributed by atoms with E-state index in [0.717, 1.165) is 0 Å². The van der Waals surface area contributed by atoms with Crippen LogP contribution in [0.4, 0.5) is 0 Å². The molecule has 0 rings (SSSR count). The van der Waals surface area contributed by atoms with Crippen LogP contribution in [0.2, 0.25) is 0 Å².